The van der Waals surface area contributed by atoms with E-state index in [1.54, 1.807) is 0 Å². The van der Waals surface area contributed by atoms with Crippen LogP contribution in [0.15, 0.2) is 12.1 Å². The maximum atomic E-state index is 12.3. The summed E-state index contributed by atoms with van der Waals surface area (Å²) in [5, 5.41) is 0. The molecule has 0 radical (unpaired) electrons. The second kappa shape index (κ2) is 5.60. The molecule has 0 spiro atoms. The van der Waals surface area contributed by atoms with Crippen LogP contribution in [-0.4, -0.2) is 0 Å². The molecular formula is C7H4BrF3Zn. The number of halogens is 4. The van der Waals surface area contributed by atoms with Crippen LogP contribution in [0.2, 0.25) is 0 Å². The molecule has 0 unspecified atom stereocenters. The van der Waals surface area contributed by atoms with Crippen LogP contribution in [0.4, 0.5) is 13.2 Å². The Morgan fingerprint density at radius 3 is 1.83 bits per heavy atom. The van der Waals surface area contributed by atoms with Crippen molar-refractivity contribution in [2.45, 2.75) is 0 Å². The first kappa shape index (κ1) is 12.0. The van der Waals surface area contributed by atoms with Crippen LogP contribution >= 0.6 is 13.6 Å². The van der Waals surface area contributed by atoms with E-state index in [0.29, 0.717) is 12.1 Å². The predicted octanol–water partition coefficient (Wildman–Crippen LogP) is 3.13. The molecule has 12 heavy (non-hydrogen) atoms. The predicted molar refractivity (Wildman–Crippen MR) is 39.7 cm³/mol. The summed E-state index contributed by atoms with van der Waals surface area (Å²) in [6.07, 6.45) is 0. The molecule has 0 fully saturated rings. The zero-order valence-electron chi connectivity index (χ0n) is 6.08. The average Bonchev–Trinajstić information content (AvgIpc) is 2.05. The van der Waals surface area contributed by atoms with E-state index in [1.807, 2.05) is 0 Å². The van der Waals surface area contributed by atoms with Crippen LogP contribution in [-0.2, 0) is 16.3 Å². The van der Waals surface area contributed by atoms with Gasteiger partial charge in [-0.2, -0.15) is 12.5 Å². The van der Waals surface area contributed by atoms with Gasteiger partial charge in [-0.3, -0.25) is 4.39 Å². The molecule has 0 bridgehead atoms. The molecule has 1 aromatic carbocycles. The molecule has 0 aromatic heterocycles. The van der Waals surface area contributed by atoms with Crippen LogP contribution < -0.4 is 0 Å². The third kappa shape index (κ3) is 3.15. The van der Waals surface area contributed by atoms with Crippen molar-refractivity contribution in [3.05, 3.63) is 42.1 Å². The summed E-state index contributed by atoms with van der Waals surface area (Å²) >= 11 is 4.25. The fourth-order valence-corrected chi connectivity index (χ4v) is 0.564. The second-order valence-corrected chi connectivity index (χ2v) is 1.86. The van der Waals surface area contributed by atoms with E-state index >= 15 is 0 Å². The van der Waals surface area contributed by atoms with Gasteiger partial charge >= 0.3 is 30.0 Å². The van der Waals surface area contributed by atoms with Gasteiger partial charge in [0.1, 0.15) is 11.6 Å². The summed E-state index contributed by atoms with van der Waals surface area (Å²) in [7, 11) is 0. The van der Waals surface area contributed by atoms with E-state index in [1.165, 1.54) is 16.3 Å². The monoisotopic (exact) mass is 288 g/mol. The molecule has 0 aliphatic carbocycles. The van der Waals surface area contributed by atoms with Gasteiger partial charge < -0.3 is 0 Å². The molecule has 0 heterocycles. The fraction of sp³-hybridized carbons (Fsp3) is 0. The van der Waals surface area contributed by atoms with Gasteiger partial charge in [-0.25, -0.2) is 8.78 Å². The maximum absolute atomic E-state index is 12.3. The molecule has 5 heteroatoms. The number of rotatable bonds is 0. The van der Waals surface area contributed by atoms with Gasteiger partial charge in [0, 0.05) is 5.82 Å². The topological polar surface area (TPSA) is 0 Å². The quantitative estimate of drug-likeness (QED) is 0.391. The summed E-state index contributed by atoms with van der Waals surface area (Å²) in [5.41, 5.74) is -0.140. The van der Waals surface area contributed by atoms with Crippen molar-refractivity contribution in [3.8, 4) is 0 Å². The molecule has 0 atom stereocenters. The zero-order valence-corrected chi connectivity index (χ0v) is 10.6. The molecule has 0 nitrogen and oxygen atoms in total. The Balaban J connectivity index is 0.000000561. The van der Waals surface area contributed by atoms with Crippen molar-refractivity contribution in [1.29, 1.82) is 0 Å². The first-order valence-electron chi connectivity index (χ1n) is 2.84. The van der Waals surface area contributed by atoms with E-state index in [9.17, 15) is 13.2 Å². The number of hydrogen-bond acceptors (Lipinski definition) is 0. The van der Waals surface area contributed by atoms with Gasteiger partial charge in [0.15, 0.2) is 0 Å². The van der Waals surface area contributed by atoms with Crippen molar-refractivity contribution in [2.24, 2.45) is 0 Å². The van der Waals surface area contributed by atoms with E-state index in [4.69, 9.17) is 0 Å². The molecule has 1 rings (SSSR count). The standard InChI is InChI=1S/C7H4F3.BrH.Zn/c1-4-2-6(9)7(10)3-5(4)8;;/h2-3H,1H2;1H;/q-1;;+2/p-1. The Labute approximate surface area is 85.2 Å². The Bertz CT molecular complexity index is 215. The molecule has 1 aromatic rings. The van der Waals surface area contributed by atoms with Crippen molar-refractivity contribution in [2.75, 3.05) is 0 Å². The number of hydrogen-bond donors (Lipinski definition) is 0. The molecule has 0 aliphatic rings. The van der Waals surface area contributed by atoms with Crippen molar-refractivity contribution in [3.63, 3.8) is 0 Å². The Morgan fingerprint density at radius 2 is 1.42 bits per heavy atom. The van der Waals surface area contributed by atoms with Crippen LogP contribution in [0, 0.1) is 24.4 Å². The van der Waals surface area contributed by atoms with Crippen LogP contribution in [0.1, 0.15) is 5.56 Å². The molecule has 0 aliphatic heterocycles. The van der Waals surface area contributed by atoms with Crippen molar-refractivity contribution < 1.29 is 29.5 Å². The summed E-state index contributed by atoms with van der Waals surface area (Å²) in [6.45, 7) is 3.14. The Morgan fingerprint density at radius 1 is 1.00 bits per heavy atom. The van der Waals surface area contributed by atoms with E-state index in [-0.39, 0.29) is 5.56 Å². The van der Waals surface area contributed by atoms with Gasteiger partial charge in [0.2, 0.25) is 0 Å². The summed E-state index contributed by atoms with van der Waals surface area (Å²) in [6, 6.07) is 1.18. The van der Waals surface area contributed by atoms with Gasteiger partial charge in [0.25, 0.3) is 0 Å². The van der Waals surface area contributed by atoms with Crippen molar-refractivity contribution in [1.82, 2.24) is 0 Å². The first-order chi connectivity index (χ1) is 5.61. The zero-order chi connectivity index (χ0) is 9.72. The first-order valence-corrected chi connectivity index (χ1v) is 9.79. The Hall–Kier alpha value is -0.0166. The number of benzene rings is 1. The van der Waals surface area contributed by atoms with E-state index in [0.717, 1.165) is 0 Å². The molecule has 62 valence electrons. The van der Waals surface area contributed by atoms with Gasteiger partial charge in [-0.15, -0.1) is 6.07 Å². The van der Waals surface area contributed by atoms with Gasteiger partial charge in [0.05, 0.1) is 0 Å². The van der Waals surface area contributed by atoms with Crippen LogP contribution in [0.5, 0.6) is 0 Å². The fourth-order valence-electron chi connectivity index (χ4n) is 0.564. The van der Waals surface area contributed by atoms with E-state index in [2.05, 4.69) is 20.5 Å². The minimum atomic E-state index is -1.19. The van der Waals surface area contributed by atoms with Gasteiger partial charge in [-0.05, 0) is 6.07 Å². The Kier molecular flexibility index (Phi) is 5.59. The SMILES string of the molecule is [CH2-]c1cc(F)c(F)cc1F.[Zn+][Br]. The van der Waals surface area contributed by atoms with Crippen molar-refractivity contribution >= 4 is 13.6 Å². The molecule has 0 amide bonds. The van der Waals surface area contributed by atoms with E-state index < -0.39 is 17.5 Å². The summed E-state index contributed by atoms with van der Waals surface area (Å²) < 4.78 is 36.6. The summed E-state index contributed by atoms with van der Waals surface area (Å²) in [5.74, 6) is -3.10. The van der Waals surface area contributed by atoms with Gasteiger partial charge in [-0.1, -0.05) is 0 Å². The third-order valence-electron chi connectivity index (χ3n) is 1.09. The van der Waals surface area contributed by atoms with Crippen LogP contribution in [0.3, 0.4) is 0 Å². The summed E-state index contributed by atoms with van der Waals surface area (Å²) in [4.78, 5) is 0. The minimum absolute atomic E-state index is 0.140. The molecule has 0 N–H and O–H groups in total. The van der Waals surface area contributed by atoms with Crippen LogP contribution in [0.25, 0.3) is 0 Å². The molecule has 0 saturated heterocycles. The molecule has 0 saturated carbocycles. The molecular weight excluding hydrogens is 286 g/mol. The third-order valence-corrected chi connectivity index (χ3v) is 1.09. The second-order valence-electron chi connectivity index (χ2n) is 1.86. The normalized spacial score (nSPS) is 8.83. The average molecular weight is 290 g/mol.